The number of fused-ring (bicyclic) bond motifs is 1. The van der Waals surface area contributed by atoms with E-state index in [-0.39, 0.29) is 11.5 Å². The van der Waals surface area contributed by atoms with Crippen molar-refractivity contribution < 1.29 is 33.3 Å². The van der Waals surface area contributed by atoms with Crippen LogP contribution in [0, 0.1) is 5.92 Å². The van der Waals surface area contributed by atoms with E-state index >= 15 is 0 Å². The molecule has 0 fully saturated rings. The molecule has 0 aromatic heterocycles. The lowest BCUT2D eigenvalue weighted by atomic mass is 9.99. The summed E-state index contributed by atoms with van der Waals surface area (Å²) in [5, 5.41) is 2.55. The van der Waals surface area contributed by atoms with Gasteiger partial charge in [0.25, 0.3) is 5.91 Å². The van der Waals surface area contributed by atoms with Gasteiger partial charge < -0.3 is 24.3 Å². The summed E-state index contributed by atoms with van der Waals surface area (Å²) in [6.07, 6.45) is 1.43. The first-order chi connectivity index (χ1) is 13.0. The molecule has 27 heavy (non-hydrogen) atoms. The lowest BCUT2D eigenvalue weighted by Crippen LogP contribution is -2.47. The summed E-state index contributed by atoms with van der Waals surface area (Å²) < 4.78 is 20.8. The van der Waals surface area contributed by atoms with Gasteiger partial charge in [0.2, 0.25) is 0 Å². The summed E-state index contributed by atoms with van der Waals surface area (Å²) in [5.41, 5.74) is 0.249. The molecule has 1 amide bonds. The van der Waals surface area contributed by atoms with E-state index in [9.17, 15) is 14.4 Å². The molecule has 8 nitrogen and oxygen atoms in total. The molecule has 0 saturated carbocycles. The van der Waals surface area contributed by atoms with Gasteiger partial charge in [0, 0.05) is 6.42 Å². The molecule has 8 heteroatoms. The van der Waals surface area contributed by atoms with Gasteiger partial charge in [-0.25, -0.2) is 9.59 Å². The molecular formula is C19H25NO7. The predicted octanol–water partition coefficient (Wildman–Crippen LogP) is 1.71. The van der Waals surface area contributed by atoms with Crippen molar-refractivity contribution in [3.05, 3.63) is 23.8 Å². The number of benzene rings is 1. The van der Waals surface area contributed by atoms with Gasteiger partial charge in [-0.2, -0.15) is 0 Å². The van der Waals surface area contributed by atoms with E-state index < -0.39 is 30.5 Å². The second-order valence-electron chi connectivity index (χ2n) is 6.24. The fourth-order valence-electron chi connectivity index (χ4n) is 2.52. The molecule has 1 heterocycles. The Morgan fingerprint density at radius 2 is 1.89 bits per heavy atom. The minimum Gasteiger partial charge on any atom is -0.490 e. The van der Waals surface area contributed by atoms with E-state index in [0.717, 1.165) is 6.42 Å². The zero-order chi connectivity index (χ0) is 19.8. The lowest BCUT2D eigenvalue weighted by Gasteiger charge is -2.21. The zero-order valence-corrected chi connectivity index (χ0v) is 15.8. The maximum atomic E-state index is 12.2. The van der Waals surface area contributed by atoms with Crippen LogP contribution in [0.4, 0.5) is 0 Å². The normalized spacial score (nSPS) is 15.1. The number of carbonyl (C=O) groups is 3. The highest BCUT2D eigenvalue weighted by molar-refractivity contribution is 5.92. The van der Waals surface area contributed by atoms with Crippen molar-refractivity contribution in [1.29, 1.82) is 0 Å². The first kappa shape index (κ1) is 20.5. The summed E-state index contributed by atoms with van der Waals surface area (Å²) in [6, 6.07) is 3.92. The highest BCUT2D eigenvalue weighted by Crippen LogP contribution is 2.30. The highest BCUT2D eigenvalue weighted by Gasteiger charge is 2.27. The first-order valence-electron chi connectivity index (χ1n) is 8.90. The number of carbonyl (C=O) groups excluding carboxylic acids is 3. The van der Waals surface area contributed by atoms with E-state index in [0.29, 0.717) is 31.1 Å². The molecule has 0 spiro atoms. The van der Waals surface area contributed by atoms with Crippen LogP contribution in [0.15, 0.2) is 18.2 Å². The van der Waals surface area contributed by atoms with Crippen LogP contribution < -0.4 is 14.8 Å². The molecule has 1 aromatic carbocycles. The summed E-state index contributed by atoms with van der Waals surface area (Å²) in [7, 11) is 1.26. The molecule has 148 valence electrons. The number of rotatable bonds is 7. The average molecular weight is 379 g/mol. The van der Waals surface area contributed by atoms with E-state index in [1.165, 1.54) is 13.2 Å². The third-order valence-corrected chi connectivity index (χ3v) is 4.30. The Morgan fingerprint density at radius 3 is 2.56 bits per heavy atom. The standard InChI is InChI=1S/C19H25NO7/c1-4-12(2)17(19(23)24-3)20-16(21)11-27-18(22)13-6-7-14-15(10-13)26-9-5-8-25-14/h6-7,10,12,17H,4-5,8-9,11H2,1-3H3,(H,20,21). The topological polar surface area (TPSA) is 100 Å². The SMILES string of the molecule is CCC(C)C(NC(=O)COC(=O)c1ccc2c(c1)OCCCO2)C(=O)OC. The first-order valence-corrected chi connectivity index (χ1v) is 8.90. The van der Waals surface area contributed by atoms with Gasteiger partial charge in [0.15, 0.2) is 18.1 Å². The van der Waals surface area contributed by atoms with E-state index in [1.807, 2.05) is 13.8 Å². The Kier molecular flexibility index (Phi) is 7.45. The Bertz CT molecular complexity index is 689. The van der Waals surface area contributed by atoms with Crippen LogP contribution in [0.1, 0.15) is 37.0 Å². The second kappa shape index (κ2) is 9.80. The maximum Gasteiger partial charge on any atom is 0.338 e. The molecule has 2 unspecified atom stereocenters. The molecule has 0 aliphatic carbocycles. The summed E-state index contributed by atoms with van der Waals surface area (Å²) >= 11 is 0. The van der Waals surface area contributed by atoms with E-state index in [4.69, 9.17) is 18.9 Å². The van der Waals surface area contributed by atoms with Gasteiger partial charge in [-0.1, -0.05) is 20.3 Å². The van der Waals surface area contributed by atoms with Crippen molar-refractivity contribution in [3.63, 3.8) is 0 Å². The molecule has 0 radical (unpaired) electrons. The van der Waals surface area contributed by atoms with Crippen molar-refractivity contribution in [3.8, 4) is 11.5 Å². The lowest BCUT2D eigenvalue weighted by molar-refractivity contribution is -0.147. The smallest absolute Gasteiger partial charge is 0.338 e. The van der Waals surface area contributed by atoms with Gasteiger partial charge in [0.1, 0.15) is 6.04 Å². The number of nitrogens with one attached hydrogen (secondary N) is 1. The van der Waals surface area contributed by atoms with Crippen LogP contribution in [0.2, 0.25) is 0 Å². The van der Waals surface area contributed by atoms with Gasteiger partial charge in [0.05, 0.1) is 25.9 Å². The minimum atomic E-state index is -0.788. The summed E-state index contributed by atoms with van der Waals surface area (Å²) in [5.74, 6) is -0.858. The molecule has 1 N–H and O–H groups in total. The molecule has 1 aliphatic heterocycles. The van der Waals surface area contributed by atoms with Crippen LogP contribution in [0.5, 0.6) is 11.5 Å². The Labute approximate surface area is 158 Å². The number of esters is 2. The van der Waals surface area contributed by atoms with Crippen LogP contribution in [0.3, 0.4) is 0 Å². The predicted molar refractivity (Wildman–Crippen MR) is 95.7 cm³/mol. The van der Waals surface area contributed by atoms with E-state index in [2.05, 4.69) is 5.32 Å². The number of hydrogen-bond acceptors (Lipinski definition) is 7. The molecule has 0 saturated heterocycles. The summed E-state index contributed by atoms with van der Waals surface area (Å²) in [4.78, 5) is 36.1. The fourth-order valence-corrected chi connectivity index (χ4v) is 2.52. The van der Waals surface area contributed by atoms with Crippen molar-refractivity contribution >= 4 is 17.8 Å². The average Bonchev–Trinajstić information content (AvgIpc) is 2.93. The molecule has 1 aliphatic rings. The van der Waals surface area contributed by atoms with Crippen LogP contribution in [0.25, 0.3) is 0 Å². The quantitative estimate of drug-likeness (QED) is 0.720. The van der Waals surface area contributed by atoms with E-state index in [1.54, 1.807) is 12.1 Å². The molecule has 1 aromatic rings. The van der Waals surface area contributed by atoms with Crippen LogP contribution in [-0.2, 0) is 19.1 Å². The Morgan fingerprint density at radius 1 is 1.19 bits per heavy atom. The third-order valence-electron chi connectivity index (χ3n) is 4.30. The monoisotopic (exact) mass is 379 g/mol. The maximum absolute atomic E-state index is 12.2. The van der Waals surface area contributed by atoms with Crippen molar-refractivity contribution in [1.82, 2.24) is 5.32 Å². The number of ether oxygens (including phenoxy) is 4. The van der Waals surface area contributed by atoms with Crippen LogP contribution >= 0.6 is 0 Å². The molecule has 2 atom stereocenters. The largest absolute Gasteiger partial charge is 0.490 e. The van der Waals surface area contributed by atoms with Crippen molar-refractivity contribution in [2.24, 2.45) is 5.92 Å². The van der Waals surface area contributed by atoms with Crippen molar-refractivity contribution in [2.45, 2.75) is 32.7 Å². The second-order valence-corrected chi connectivity index (χ2v) is 6.24. The molecule has 0 bridgehead atoms. The van der Waals surface area contributed by atoms with Crippen LogP contribution in [-0.4, -0.2) is 50.8 Å². The third kappa shape index (κ3) is 5.60. The Hall–Kier alpha value is -2.77. The van der Waals surface area contributed by atoms with Gasteiger partial charge in [-0.05, 0) is 24.1 Å². The summed E-state index contributed by atoms with van der Waals surface area (Å²) in [6.45, 7) is 4.27. The van der Waals surface area contributed by atoms with Crippen molar-refractivity contribution in [2.75, 3.05) is 26.9 Å². The Balaban J connectivity index is 1.93. The van der Waals surface area contributed by atoms with Gasteiger partial charge in [-0.15, -0.1) is 0 Å². The molecular weight excluding hydrogens is 354 g/mol. The fraction of sp³-hybridized carbons (Fsp3) is 0.526. The van der Waals surface area contributed by atoms with Gasteiger partial charge >= 0.3 is 11.9 Å². The highest BCUT2D eigenvalue weighted by atomic mass is 16.5. The minimum absolute atomic E-state index is 0.112. The number of methoxy groups -OCH3 is 1. The zero-order valence-electron chi connectivity index (χ0n) is 15.8. The van der Waals surface area contributed by atoms with Gasteiger partial charge in [-0.3, -0.25) is 4.79 Å². The number of amides is 1. The molecule has 2 rings (SSSR count). The number of hydrogen-bond donors (Lipinski definition) is 1.